The van der Waals surface area contributed by atoms with Gasteiger partial charge in [-0.2, -0.15) is 0 Å². The van der Waals surface area contributed by atoms with Gasteiger partial charge in [0.15, 0.2) is 5.75 Å². The lowest BCUT2D eigenvalue weighted by atomic mass is 10.2. The number of unbranched alkanes of at least 4 members (excludes halogenated alkanes) is 3. The zero-order valence-electron chi connectivity index (χ0n) is 13.3. The largest absolute Gasteiger partial charge is 0.503 e. The number of aliphatic carboxylic acids is 1. The van der Waals surface area contributed by atoms with Crippen molar-refractivity contribution in [2.45, 2.75) is 32.6 Å². The summed E-state index contributed by atoms with van der Waals surface area (Å²) in [5, 5.41) is 20.1. The standard InChI is InChI=1S/C15H20N2O7/c1-2-3-4-5-6-23-14(21)10-7-11(18)13(16-8-10)24-15(22)17-9-12(19)20/h7-8,18H,2-6,9H2,1H3,(H,17,22)(H,19,20). The number of pyridine rings is 1. The SMILES string of the molecule is CCCCCCOC(=O)c1cnc(OC(=O)NCC(=O)O)c(O)c1. The van der Waals surface area contributed by atoms with Gasteiger partial charge in [-0.25, -0.2) is 14.6 Å². The van der Waals surface area contributed by atoms with E-state index in [1.165, 1.54) is 0 Å². The fourth-order valence-corrected chi connectivity index (χ4v) is 1.68. The van der Waals surface area contributed by atoms with Crippen LogP contribution in [-0.4, -0.2) is 46.4 Å². The number of amides is 1. The normalized spacial score (nSPS) is 10.0. The lowest BCUT2D eigenvalue weighted by Crippen LogP contribution is -2.31. The van der Waals surface area contributed by atoms with Crippen molar-refractivity contribution < 1.29 is 34.1 Å². The molecule has 1 heterocycles. The van der Waals surface area contributed by atoms with Crippen LogP contribution in [-0.2, 0) is 9.53 Å². The molecule has 1 rings (SSSR count). The molecule has 0 aliphatic carbocycles. The Labute approximate surface area is 138 Å². The van der Waals surface area contributed by atoms with Crippen molar-refractivity contribution in [2.24, 2.45) is 0 Å². The first kappa shape index (κ1) is 19.2. The number of rotatable bonds is 9. The summed E-state index contributed by atoms with van der Waals surface area (Å²) in [4.78, 5) is 37.0. The second-order valence-corrected chi connectivity index (χ2v) is 4.88. The summed E-state index contributed by atoms with van der Waals surface area (Å²) < 4.78 is 9.67. The molecule has 0 radical (unpaired) electrons. The van der Waals surface area contributed by atoms with Crippen molar-refractivity contribution in [3.05, 3.63) is 17.8 Å². The zero-order chi connectivity index (χ0) is 17.9. The fourth-order valence-electron chi connectivity index (χ4n) is 1.68. The lowest BCUT2D eigenvalue weighted by molar-refractivity contribution is -0.135. The van der Waals surface area contributed by atoms with E-state index in [0.717, 1.165) is 37.9 Å². The molecule has 0 spiro atoms. The monoisotopic (exact) mass is 340 g/mol. The molecule has 1 aromatic heterocycles. The van der Waals surface area contributed by atoms with E-state index in [2.05, 4.69) is 16.6 Å². The fraction of sp³-hybridized carbons (Fsp3) is 0.467. The smallest absolute Gasteiger partial charge is 0.414 e. The predicted molar refractivity (Wildman–Crippen MR) is 82.0 cm³/mol. The number of carbonyl (C=O) groups excluding carboxylic acids is 2. The summed E-state index contributed by atoms with van der Waals surface area (Å²) in [7, 11) is 0. The molecule has 0 unspecified atom stereocenters. The third-order valence-corrected chi connectivity index (χ3v) is 2.87. The molecule has 0 aliphatic heterocycles. The summed E-state index contributed by atoms with van der Waals surface area (Å²) in [6.07, 6.45) is 3.86. The van der Waals surface area contributed by atoms with Crippen molar-refractivity contribution in [1.29, 1.82) is 0 Å². The molecule has 0 aliphatic rings. The number of esters is 1. The number of hydrogen-bond donors (Lipinski definition) is 3. The maximum atomic E-state index is 11.8. The van der Waals surface area contributed by atoms with Crippen LogP contribution >= 0.6 is 0 Å². The molecule has 1 amide bonds. The lowest BCUT2D eigenvalue weighted by Gasteiger charge is -2.08. The van der Waals surface area contributed by atoms with Gasteiger partial charge in [0.1, 0.15) is 6.54 Å². The molecule has 0 saturated heterocycles. The highest BCUT2D eigenvalue weighted by Gasteiger charge is 2.15. The highest BCUT2D eigenvalue weighted by Crippen LogP contribution is 2.24. The average molecular weight is 340 g/mol. The quantitative estimate of drug-likeness (QED) is 0.456. The highest BCUT2D eigenvalue weighted by atomic mass is 16.6. The van der Waals surface area contributed by atoms with Crippen LogP contribution in [0.4, 0.5) is 4.79 Å². The number of ether oxygens (including phenoxy) is 2. The molecule has 24 heavy (non-hydrogen) atoms. The Morgan fingerprint density at radius 3 is 2.62 bits per heavy atom. The highest BCUT2D eigenvalue weighted by molar-refractivity contribution is 5.89. The minimum Gasteiger partial charge on any atom is -0.503 e. The third kappa shape index (κ3) is 6.95. The van der Waals surface area contributed by atoms with Crippen molar-refractivity contribution in [1.82, 2.24) is 10.3 Å². The molecule has 9 heteroatoms. The Kier molecular flexibility index (Phi) is 8.03. The molecular weight excluding hydrogens is 320 g/mol. The summed E-state index contributed by atoms with van der Waals surface area (Å²) in [5.74, 6) is -2.88. The molecule has 0 bridgehead atoms. The summed E-state index contributed by atoms with van der Waals surface area (Å²) >= 11 is 0. The van der Waals surface area contributed by atoms with Gasteiger partial charge in [-0.05, 0) is 6.42 Å². The van der Waals surface area contributed by atoms with E-state index >= 15 is 0 Å². The summed E-state index contributed by atoms with van der Waals surface area (Å²) in [6, 6.07) is 1.06. The van der Waals surface area contributed by atoms with Crippen molar-refractivity contribution in [2.75, 3.05) is 13.2 Å². The van der Waals surface area contributed by atoms with Gasteiger partial charge < -0.3 is 25.0 Å². The second kappa shape index (κ2) is 10.0. The minimum absolute atomic E-state index is 0.0151. The first-order valence-electron chi connectivity index (χ1n) is 7.47. The van der Waals surface area contributed by atoms with Crippen LogP contribution < -0.4 is 10.1 Å². The summed E-state index contributed by atoms with van der Waals surface area (Å²) in [5.41, 5.74) is 0.0151. The third-order valence-electron chi connectivity index (χ3n) is 2.87. The minimum atomic E-state index is -1.25. The van der Waals surface area contributed by atoms with Gasteiger partial charge in [0.25, 0.3) is 5.88 Å². The van der Waals surface area contributed by atoms with Gasteiger partial charge in [0, 0.05) is 12.3 Å². The first-order valence-corrected chi connectivity index (χ1v) is 7.47. The van der Waals surface area contributed by atoms with Crippen molar-refractivity contribution >= 4 is 18.0 Å². The Morgan fingerprint density at radius 1 is 1.25 bits per heavy atom. The van der Waals surface area contributed by atoms with Gasteiger partial charge in [0.2, 0.25) is 0 Å². The number of carboxylic acids is 1. The molecule has 0 aromatic carbocycles. The number of carbonyl (C=O) groups is 3. The summed E-state index contributed by atoms with van der Waals surface area (Å²) in [6.45, 7) is 1.71. The molecule has 0 atom stereocenters. The Bertz CT molecular complexity index is 589. The van der Waals surface area contributed by atoms with Gasteiger partial charge >= 0.3 is 18.0 Å². The van der Waals surface area contributed by atoms with Gasteiger partial charge in [0.05, 0.1) is 12.2 Å². The van der Waals surface area contributed by atoms with E-state index in [1.807, 2.05) is 5.32 Å². The number of nitrogens with zero attached hydrogens (tertiary/aromatic N) is 1. The Hall–Kier alpha value is -2.84. The van der Waals surface area contributed by atoms with Crippen molar-refractivity contribution in [3.8, 4) is 11.6 Å². The van der Waals surface area contributed by atoms with E-state index in [4.69, 9.17) is 9.84 Å². The number of hydrogen-bond acceptors (Lipinski definition) is 7. The van der Waals surface area contributed by atoms with Crippen LogP contribution in [0.1, 0.15) is 43.0 Å². The molecule has 0 fully saturated rings. The zero-order valence-corrected chi connectivity index (χ0v) is 13.3. The predicted octanol–water partition coefficient (Wildman–Crippen LogP) is 1.70. The number of aromatic hydroxyl groups is 1. The number of aromatic nitrogens is 1. The topological polar surface area (TPSA) is 135 Å². The Balaban J connectivity index is 2.52. The number of carboxylic acid groups (broad SMARTS) is 1. The van der Waals surface area contributed by atoms with Crippen LogP contribution in [0.3, 0.4) is 0 Å². The van der Waals surface area contributed by atoms with E-state index in [1.54, 1.807) is 0 Å². The molecular formula is C15H20N2O7. The van der Waals surface area contributed by atoms with Crippen LogP contribution in [0.15, 0.2) is 12.3 Å². The van der Waals surface area contributed by atoms with Crippen LogP contribution in [0.25, 0.3) is 0 Å². The molecule has 132 valence electrons. The van der Waals surface area contributed by atoms with Gasteiger partial charge in [-0.3, -0.25) is 4.79 Å². The Morgan fingerprint density at radius 2 is 2.00 bits per heavy atom. The van der Waals surface area contributed by atoms with Crippen LogP contribution in [0.5, 0.6) is 11.6 Å². The first-order chi connectivity index (χ1) is 11.4. The maximum Gasteiger partial charge on any atom is 0.414 e. The van der Waals surface area contributed by atoms with Crippen LogP contribution in [0, 0.1) is 0 Å². The van der Waals surface area contributed by atoms with E-state index in [9.17, 15) is 19.5 Å². The number of nitrogens with one attached hydrogen (secondary N) is 1. The van der Waals surface area contributed by atoms with E-state index < -0.39 is 36.2 Å². The second-order valence-electron chi connectivity index (χ2n) is 4.88. The molecule has 3 N–H and O–H groups in total. The molecule has 1 aromatic rings. The van der Waals surface area contributed by atoms with E-state index in [-0.39, 0.29) is 12.2 Å². The molecule has 9 nitrogen and oxygen atoms in total. The van der Waals surface area contributed by atoms with Crippen LogP contribution in [0.2, 0.25) is 0 Å². The van der Waals surface area contributed by atoms with Gasteiger partial charge in [-0.1, -0.05) is 26.2 Å². The average Bonchev–Trinajstić information content (AvgIpc) is 2.54. The van der Waals surface area contributed by atoms with Crippen molar-refractivity contribution in [3.63, 3.8) is 0 Å². The maximum absolute atomic E-state index is 11.8. The van der Waals surface area contributed by atoms with Gasteiger partial charge in [-0.15, -0.1) is 0 Å². The molecule has 0 saturated carbocycles. The van der Waals surface area contributed by atoms with E-state index in [0.29, 0.717) is 0 Å².